The molecule has 0 spiro atoms. The number of aryl methyl sites for hydroxylation is 2. The molecule has 23 heavy (non-hydrogen) atoms. The Hall–Kier alpha value is -2.36. The van der Waals surface area contributed by atoms with Gasteiger partial charge in [-0.3, -0.25) is 0 Å². The lowest BCUT2D eigenvalue weighted by molar-refractivity contribution is 0.576. The standard InChI is InChI=1S/C19H20F2N2/c1-3-5-16-10-18(20)17(19(21)11-16)13-23-22-12-15-8-6-14(4-2)7-9-15/h6-13H,3-5H2,1-2H3. The topological polar surface area (TPSA) is 24.7 Å². The zero-order chi connectivity index (χ0) is 16.7. The molecule has 4 heteroatoms. The first-order valence-electron chi connectivity index (χ1n) is 7.77. The van der Waals surface area contributed by atoms with Gasteiger partial charge in [0.15, 0.2) is 0 Å². The van der Waals surface area contributed by atoms with E-state index in [4.69, 9.17) is 0 Å². The van der Waals surface area contributed by atoms with Crippen molar-refractivity contribution in [3.63, 3.8) is 0 Å². The molecule has 0 aliphatic rings. The molecule has 2 rings (SSSR count). The van der Waals surface area contributed by atoms with Crippen LogP contribution in [0.25, 0.3) is 0 Å². The predicted molar refractivity (Wildman–Crippen MR) is 91.4 cm³/mol. The monoisotopic (exact) mass is 314 g/mol. The normalized spacial score (nSPS) is 11.7. The van der Waals surface area contributed by atoms with Gasteiger partial charge in [-0.25, -0.2) is 8.78 Å². The number of hydrogen-bond donors (Lipinski definition) is 0. The summed E-state index contributed by atoms with van der Waals surface area (Å²) in [5, 5.41) is 7.59. The fourth-order valence-corrected chi connectivity index (χ4v) is 2.22. The fourth-order valence-electron chi connectivity index (χ4n) is 2.22. The van der Waals surface area contributed by atoms with Crippen molar-refractivity contribution in [2.45, 2.75) is 33.1 Å². The Labute approximate surface area is 135 Å². The van der Waals surface area contributed by atoms with Crippen LogP contribution in [0.1, 0.15) is 42.5 Å². The Bertz CT molecular complexity index is 681. The first-order chi connectivity index (χ1) is 11.1. The number of benzene rings is 2. The third-order valence-corrected chi connectivity index (χ3v) is 3.53. The van der Waals surface area contributed by atoms with E-state index in [1.807, 2.05) is 31.2 Å². The molecule has 0 aromatic heterocycles. The van der Waals surface area contributed by atoms with E-state index in [1.165, 1.54) is 17.7 Å². The summed E-state index contributed by atoms with van der Waals surface area (Å²) in [6, 6.07) is 10.6. The minimum Gasteiger partial charge on any atom is -0.206 e. The van der Waals surface area contributed by atoms with Crippen molar-refractivity contribution < 1.29 is 8.78 Å². The minimum absolute atomic E-state index is 0.164. The van der Waals surface area contributed by atoms with Crippen LogP contribution in [0.3, 0.4) is 0 Å². The summed E-state index contributed by atoms with van der Waals surface area (Å²) in [5.74, 6) is -1.22. The summed E-state index contributed by atoms with van der Waals surface area (Å²) in [4.78, 5) is 0. The molecule has 2 nitrogen and oxygen atoms in total. The third kappa shape index (κ3) is 4.81. The Morgan fingerprint density at radius 2 is 1.48 bits per heavy atom. The second-order valence-corrected chi connectivity index (χ2v) is 5.31. The van der Waals surface area contributed by atoms with Gasteiger partial charge in [-0.2, -0.15) is 10.2 Å². The quantitative estimate of drug-likeness (QED) is 0.533. The van der Waals surface area contributed by atoms with Crippen molar-refractivity contribution in [2.75, 3.05) is 0 Å². The van der Waals surface area contributed by atoms with Crippen LogP contribution in [-0.2, 0) is 12.8 Å². The molecule has 0 amide bonds. The van der Waals surface area contributed by atoms with Gasteiger partial charge in [-0.15, -0.1) is 0 Å². The lowest BCUT2D eigenvalue weighted by Gasteiger charge is -2.03. The second kappa shape index (κ2) is 8.32. The molecule has 0 atom stereocenters. The van der Waals surface area contributed by atoms with E-state index in [2.05, 4.69) is 17.1 Å². The molecule has 0 N–H and O–H groups in total. The molecule has 0 unspecified atom stereocenters. The Morgan fingerprint density at radius 3 is 2.04 bits per heavy atom. The van der Waals surface area contributed by atoms with E-state index >= 15 is 0 Å². The zero-order valence-corrected chi connectivity index (χ0v) is 13.4. The van der Waals surface area contributed by atoms with Crippen LogP contribution >= 0.6 is 0 Å². The largest absolute Gasteiger partial charge is 0.206 e. The van der Waals surface area contributed by atoms with Crippen molar-refractivity contribution in [1.29, 1.82) is 0 Å². The van der Waals surface area contributed by atoms with Crippen LogP contribution in [0.4, 0.5) is 8.78 Å². The van der Waals surface area contributed by atoms with Crippen LogP contribution in [0.15, 0.2) is 46.6 Å². The number of nitrogens with zero attached hydrogens (tertiary/aromatic N) is 2. The maximum Gasteiger partial charge on any atom is 0.135 e. The van der Waals surface area contributed by atoms with Crippen molar-refractivity contribution in [1.82, 2.24) is 0 Å². The SMILES string of the molecule is CCCc1cc(F)c(C=NN=Cc2ccc(CC)cc2)c(F)c1. The van der Waals surface area contributed by atoms with Gasteiger partial charge in [0.05, 0.1) is 18.0 Å². The summed E-state index contributed by atoms with van der Waals surface area (Å²) in [7, 11) is 0. The van der Waals surface area contributed by atoms with E-state index in [1.54, 1.807) is 6.21 Å². The summed E-state index contributed by atoms with van der Waals surface area (Å²) in [6.07, 6.45) is 5.13. The van der Waals surface area contributed by atoms with Crippen LogP contribution in [0, 0.1) is 11.6 Å². The van der Waals surface area contributed by atoms with Gasteiger partial charge in [0, 0.05) is 0 Å². The molecule has 0 saturated carbocycles. The molecular formula is C19H20F2N2. The van der Waals surface area contributed by atoms with Gasteiger partial charge in [0.1, 0.15) is 11.6 Å². The molecular weight excluding hydrogens is 294 g/mol. The predicted octanol–water partition coefficient (Wildman–Crippen LogP) is 4.93. The molecule has 120 valence electrons. The van der Waals surface area contributed by atoms with E-state index in [9.17, 15) is 8.78 Å². The van der Waals surface area contributed by atoms with E-state index < -0.39 is 11.6 Å². The lowest BCUT2D eigenvalue weighted by atomic mass is 10.1. The first kappa shape index (κ1) is 17.0. The smallest absolute Gasteiger partial charge is 0.135 e. The van der Waals surface area contributed by atoms with Gasteiger partial charge in [-0.05, 0) is 41.7 Å². The fraction of sp³-hybridized carbons (Fsp3) is 0.263. The molecule has 0 aliphatic carbocycles. The van der Waals surface area contributed by atoms with Gasteiger partial charge >= 0.3 is 0 Å². The van der Waals surface area contributed by atoms with Crippen molar-refractivity contribution >= 4 is 12.4 Å². The van der Waals surface area contributed by atoms with Crippen molar-refractivity contribution in [2.24, 2.45) is 10.2 Å². The molecule has 0 heterocycles. The van der Waals surface area contributed by atoms with Gasteiger partial charge in [0.2, 0.25) is 0 Å². The summed E-state index contributed by atoms with van der Waals surface area (Å²) >= 11 is 0. The molecule has 0 bridgehead atoms. The second-order valence-electron chi connectivity index (χ2n) is 5.31. The van der Waals surface area contributed by atoms with Crippen molar-refractivity contribution in [3.8, 4) is 0 Å². The summed E-state index contributed by atoms with van der Waals surface area (Å²) in [6.45, 7) is 4.05. The number of hydrogen-bond acceptors (Lipinski definition) is 2. The van der Waals surface area contributed by atoms with Crippen LogP contribution < -0.4 is 0 Å². The number of rotatable bonds is 6. The summed E-state index contributed by atoms with van der Waals surface area (Å²) in [5.41, 5.74) is 2.61. The highest BCUT2D eigenvalue weighted by Gasteiger charge is 2.08. The Morgan fingerprint density at radius 1 is 0.870 bits per heavy atom. The lowest BCUT2D eigenvalue weighted by Crippen LogP contribution is -1.97. The Balaban J connectivity index is 2.09. The highest BCUT2D eigenvalue weighted by atomic mass is 19.1. The van der Waals surface area contributed by atoms with E-state index in [0.717, 1.165) is 24.6 Å². The molecule has 0 saturated heterocycles. The van der Waals surface area contributed by atoms with Gasteiger partial charge in [-0.1, -0.05) is 44.5 Å². The first-order valence-corrected chi connectivity index (χ1v) is 7.77. The van der Waals surface area contributed by atoms with Gasteiger partial charge in [0.25, 0.3) is 0 Å². The van der Waals surface area contributed by atoms with E-state index in [0.29, 0.717) is 12.0 Å². The molecule has 0 aliphatic heterocycles. The highest BCUT2D eigenvalue weighted by Crippen LogP contribution is 2.15. The van der Waals surface area contributed by atoms with Crippen LogP contribution in [0.2, 0.25) is 0 Å². The van der Waals surface area contributed by atoms with Gasteiger partial charge < -0.3 is 0 Å². The van der Waals surface area contributed by atoms with E-state index in [-0.39, 0.29) is 5.56 Å². The highest BCUT2D eigenvalue weighted by molar-refractivity contribution is 5.83. The molecule has 2 aromatic rings. The third-order valence-electron chi connectivity index (χ3n) is 3.53. The maximum absolute atomic E-state index is 13.9. The van der Waals surface area contributed by atoms with Crippen LogP contribution in [-0.4, -0.2) is 12.4 Å². The average molecular weight is 314 g/mol. The minimum atomic E-state index is -0.611. The van der Waals surface area contributed by atoms with Crippen molar-refractivity contribution in [3.05, 3.63) is 70.3 Å². The zero-order valence-electron chi connectivity index (χ0n) is 13.4. The number of halogens is 2. The molecule has 0 radical (unpaired) electrons. The Kier molecular flexibility index (Phi) is 6.15. The van der Waals surface area contributed by atoms with Crippen LogP contribution in [0.5, 0.6) is 0 Å². The molecule has 0 fully saturated rings. The molecule has 2 aromatic carbocycles. The average Bonchev–Trinajstić information content (AvgIpc) is 2.54. The summed E-state index contributed by atoms with van der Waals surface area (Å²) < 4.78 is 27.8. The maximum atomic E-state index is 13.9.